The normalized spacial score (nSPS) is 39.6. The van der Waals surface area contributed by atoms with Crippen LogP contribution in [0.15, 0.2) is 0 Å². The van der Waals surface area contributed by atoms with E-state index in [2.05, 4.69) is 0 Å². The molecule has 0 saturated heterocycles. The maximum absolute atomic E-state index is 11.7. The van der Waals surface area contributed by atoms with Crippen LogP contribution in [-0.2, 0) is 14.4 Å². The number of carbonyl (C=O) groups is 3. The quantitative estimate of drug-likeness (QED) is 0.705. The van der Waals surface area contributed by atoms with E-state index in [1.807, 2.05) is 0 Å². The number of hydrogen-bond donors (Lipinski definition) is 1. The highest BCUT2D eigenvalue weighted by atomic mass is 16.3. The zero-order chi connectivity index (χ0) is 12.7. The van der Waals surface area contributed by atoms with E-state index in [1.54, 1.807) is 6.92 Å². The Morgan fingerprint density at radius 2 is 1.81 bits per heavy atom. The van der Waals surface area contributed by atoms with E-state index in [4.69, 9.17) is 0 Å². The summed E-state index contributed by atoms with van der Waals surface area (Å²) in [7, 11) is 0. The molecule has 4 atom stereocenters. The van der Waals surface area contributed by atoms with E-state index in [0.717, 1.165) is 0 Å². The second-order valence-corrected chi connectivity index (χ2v) is 5.04. The van der Waals surface area contributed by atoms with Gasteiger partial charge in [0.1, 0.15) is 17.3 Å². The van der Waals surface area contributed by atoms with Crippen LogP contribution >= 0.6 is 0 Å². The smallest absolute Gasteiger partial charge is 0.146 e. The van der Waals surface area contributed by atoms with E-state index < -0.39 is 23.4 Å². The molecule has 1 aliphatic rings. The number of aliphatic hydroxyl groups is 1. The first-order valence-corrected chi connectivity index (χ1v) is 5.44. The van der Waals surface area contributed by atoms with Gasteiger partial charge in [-0.05, 0) is 26.7 Å². The van der Waals surface area contributed by atoms with Crippen LogP contribution in [0.4, 0.5) is 0 Å². The summed E-state index contributed by atoms with van der Waals surface area (Å²) < 4.78 is 0. The predicted molar refractivity (Wildman–Crippen MR) is 57.8 cm³/mol. The number of Topliss-reactive ketones (excluding diaryl/α,β-unsaturated/α-hetero) is 3. The molecular formula is C12H18O4. The molecule has 0 unspecified atom stereocenters. The molecule has 16 heavy (non-hydrogen) atoms. The number of hydrogen-bond acceptors (Lipinski definition) is 4. The third-order valence-electron chi connectivity index (χ3n) is 3.48. The lowest BCUT2D eigenvalue weighted by Crippen LogP contribution is -2.54. The fourth-order valence-corrected chi connectivity index (χ4v) is 3.03. The van der Waals surface area contributed by atoms with Crippen molar-refractivity contribution in [3.63, 3.8) is 0 Å². The minimum absolute atomic E-state index is 0.119. The van der Waals surface area contributed by atoms with Gasteiger partial charge >= 0.3 is 0 Å². The van der Waals surface area contributed by atoms with Gasteiger partial charge in [-0.1, -0.05) is 6.92 Å². The second kappa shape index (κ2) is 4.09. The molecule has 1 fully saturated rings. The fraction of sp³-hybridized carbons (Fsp3) is 0.750. The van der Waals surface area contributed by atoms with Gasteiger partial charge in [0.15, 0.2) is 0 Å². The summed E-state index contributed by atoms with van der Waals surface area (Å²) in [6.07, 6.45) is -0.119. The zero-order valence-electron chi connectivity index (χ0n) is 10.1. The van der Waals surface area contributed by atoms with Crippen LogP contribution in [0.25, 0.3) is 0 Å². The maximum Gasteiger partial charge on any atom is 0.146 e. The van der Waals surface area contributed by atoms with Gasteiger partial charge < -0.3 is 5.11 Å². The molecular weight excluding hydrogens is 208 g/mol. The van der Waals surface area contributed by atoms with E-state index in [1.165, 1.54) is 20.8 Å². The summed E-state index contributed by atoms with van der Waals surface area (Å²) in [6, 6.07) is 0. The summed E-state index contributed by atoms with van der Waals surface area (Å²) in [5, 5.41) is 10.1. The highest BCUT2D eigenvalue weighted by molar-refractivity contribution is 6.03. The van der Waals surface area contributed by atoms with Crippen LogP contribution in [0.2, 0.25) is 0 Å². The summed E-state index contributed by atoms with van der Waals surface area (Å²) >= 11 is 0. The third-order valence-corrected chi connectivity index (χ3v) is 3.48. The molecule has 0 heterocycles. The van der Waals surface area contributed by atoms with Crippen molar-refractivity contribution in [2.45, 2.75) is 39.7 Å². The lowest BCUT2D eigenvalue weighted by molar-refractivity contribution is -0.155. The molecule has 0 amide bonds. The monoisotopic (exact) mass is 226 g/mol. The zero-order valence-corrected chi connectivity index (χ0v) is 10.1. The standard InChI is InChI=1S/C12H18O4/c1-6-10(7(2)13)9(15)5-12(4,16)11(6)8(3)14/h6,10-11,16H,5H2,1-4H3/t6-,10+,11-,12+/m0/s1. The Labute approximate surface area is 95.0 Å². The first-order valence-electron chi connectivity index (χ1n) is 5.44. The molecule has 0 aromatic carbocycles. The molecule has 1 N–H and O–H groups in total. The summed E-state index contributed by atoms with van der Waals surface area (Å²) in [5.74, 6) is -2.46. The molecule has 0 aromatic heterocycles. The highest BCUT2D eigenvalue weighted by Gasteiger charge is 2.51. The number of carbonyl (C=O) groups excluding carboxylic acids is 3. The van der Waals surface area contributed by atoms with Crippen LogP contribution < -0.4 is 0 Å². The van der Waals surface area contributed by atoms with E-state index >= 15 is 0 Å². The van der Waals surface area contributed by atoms with Crippen LogP contribution in [0.5, 0.6) is 0 Å². The van der Waals surface area contributed by atoms with Gasteiger partial charge in [-0.2, -0.15) is 0 Å². The fourth-order valence-electron chi connectivity index (χ4n) is 3.03. The van der Waals surface area contributed by atoms with Crippen LogP contribution in [0.3, 0.4) is 0 Å². The second-order valence-electron chi connectivity index (χ2n) is 5.04. The van der Waals surface area contributed by atoms with E-state index in [0.29, 0.717) is 0 Å². The first kappa shape index (κ1) is 13.0. The molecule has 4 heteroatoms. The summed E-state index contributed by atoms with van der Waals surface area (Å²) in [6.45, 7) is 5.92. The Morgan fingerprint density at radius 3 is 2.19 bits per heavy atom. The molecule has 1 rings (SSSR count). The lowest BCUT2D eigenvalue weighted by atomic mass is 9.62. The van der Waals surface area contributed by atoms with Gasteiger partial charge in [-0.3, -0.25) is 14.4 Å². The highest BCUT2D eigenvalue weighted by Crippen LogP contribution is 2.40. The topological polar surface area (TPSA) is 71.4 Å². The van der Waals surface area contributed by atoms with Gasteiger partial charge in [0, 0.05) is 12.3 Å². The van der Waals surface area contributed by atoms with Crippen molar-refractivity contribution >= 4 is 17.3 Å². The maximum atomic E-state index is 11.7. The van der Waals surface area contributed by atoms with Crippen molar-refractivity contribution in [3.05, 3.63) is 0 Å². The number of ketones is 3. The Kier molecular flexibility index (Phi) is 3.33. The van der Waals surface area contributed by atoms with Crippen molar-refractivity contribution in [1.82, 2.24) is 0 Å². The SMILES string of the molecule is CC(=O)[C@@H]1C(=O)C[C@@](C)(O)[C@H](C(C)=O)[C@H]1C. The Hall–Kier alpha value is -1.03. The molecule has 1 aliphatic carbocycles. The van der Waals surface area contributed by atoms with Crippen molar-refractivity contribution < 1.29 is 19.5 Å². The first-order chi connectivity index (χ1) is 7.18. The molecule has 0 radical (unpaired) electrons. The Bertz CT molecular complexity index is 343. The molecule has 0 aromatic rings. The predicted octanol–water partition coefficient (Wildman–Crippen LogP) is 0.757. The van der Waals surface area contributed by atoms with Crippen molar-refractivity contribution in [2.75, 3.05) is 0 Å². The average Bonchev–Trinajstić information content (AvgIpc) is 1.97. The molecule has 4 nitrogen and oxygen atoms in total. The van der Waals surface area contributed by atoms with E-state index in [-0.39, 0.29) is 23.8 Å². The molecule has 0 bridgehead atoms. The van der Waals surface area contributed by atoms with Gasteiger partial charge in [0.25, 0.3) is 0 Å². The minimum atomic E-state index is -1.33. The molecule has 0 spiro atoms. The van der Waals surface area contributed by atoms with Crippen LogP contribution in [-0.4, -0.2) is 28.1 Å². The van der Waals surface area contributed by atoms with Gasteiger partial charge in [-0.15, -0.1) is 0 Å². The molecule has 0 aliphatic heterocycles. The lowest BCUT2D eigenvalue weighted by Gasteiger charge is -2.42. The van der Waals surface area contributed by atoms with E-state index in [9.17, 15) is 19.5 Å². The Balaban J connectivity index is 3.13. The Morgan fingerprint density at radius 1 is 1.31 bits per heavy atom. The van der Waals surface area contributed by atoms with Gasteiger partial charge in [0.2, 0.25) is 0 Å². The van der Waals surface area contributed by atoms with Crippen LogP contribution in [0, 0.1) is 17.8 Å². The minimum Gasteiger partial charge on any atom is -0.389 e. The largest absolute Gasteiger partial charge is 0.389 e. The van der Waals surface area contributed by atoms with Crippen molar-refractivity contribution in [2.24, 2.45) is 17.8 Å². The summed E-state index contributed by atoms with van der Waals surface area (Å²) in [4.78, 5) is 34.6. The van der Waals surface area contributed by atoms with Crippen molar-refractivity contribution in [1.29, 1.82) is 0 Å². The third kappa shape index (κ3) is 2.07. The van der Waals surface area contributed by atoms with Crippen LogP contribution in [0.1, 0.15) is 34.1 Å². The van der Waals surface area contributed by atoms with Crippen molar-refractivity contribution in [3.8, 4) is 0 Å². The molecule has 90 valence electrons. The van der Waals surface area contributed by atoms with Gasteiger partial charge in [0.05, 0.1) is 11.5 Å². The molecule has 1 saturated carbocycles. The van der Waals surface area contributed by atoms with Gasteiger partial charge in [-0.25, -0.2) is 0 Å². The number of rotatable bonds is 2. The average molecular weight is 226 g/mol. The summed E-state index contributed by atoms with van der Waals surface area (Å²) in [5.41, 5.74) is -1.33.